The Balaban J connectivity index is 2.35. The summed E-state index contributed by atoms with van der Waals surface area (Å²) in [4.78, 5) is 6.39. The van der Waals surface area contributed by atoms with E-state index in [9.17, 15) is 0 Å². The van der Waals surface area contributed by atoms with Crippen LogP contribution < -0.4 is 5.32 Å². The first kappa shape index (κ1) is 12.2. The molecule has 0 fully saturated rings. The molecule has 0 aliphatic heterocycles. The minimum Gasteiger partial charge on any atom is -0.333 e. The summed E-state index contributed by atoms with van der Waals surface area (Å²) in [6.45, 7) is 6.21. The Hall–Kier alpha value is -0.870. The standard InChI is InChI=1S/C11H22N4/c1-4-12-8-11-9-13-10-15(11)7-5-6-14(2)3/h9-10,12H,4-8H2,1-3H3. The lowest BCUT2D eigenvalue weighted by molar-refractivity contribution is 0.384. The van der Waals surface area contributed by atoms with Crippen LogP contribution in [0.15, 0.2) is 12.5 Å². The molecule has 0 atom stereocenters. The van der Waals surface area contributed by atoms with E-state index in [1.54, 1.807) is 0 Å². The van der Waals surface area contributed by atoms with Gasteiger partial charge in [0.15, 0.2) is 0 Å². The van der Waals surface area contributed by atoms with Crippen molar-refractivity contribution in [1.82, 2.24) is 19.8 Å². The van der Waals surface area contributed by atoms with Crippen molar-refractivity contribution in [2.24, 2.45) is 0 Å². The fourth-order valence-corrected chi connectivity index (χ4v) is 1.51. The van der Waals surface area contributed by atoms with Crippen molar-refractivity contribution in [3.63, 3.8) is 0 Å². The Morgan fingerprint density at radius 1 is 1.47 bits per heavy atom. The Labute approximate surface area is 92.3 Å². The van der Waals surface area contributed by atoms with Crippen LogP contribution >= 0.6 is 0 Å². The maximum atomic E-state index is 4.18. The van der Waals surface area contributed by atoms with Crippen molar-refractivity contribution in [2.75, 3.05) is 27.2 Å². The Morgan fingerprint density at radius 3 is 2.93 bits per heavy atom. The number of hydrogen-bond donors (Lipinski definition) is 1. The Kier molecular flexibility index (Phi) is 5.36. The zero-order valence-corrected chi connectivity index (χ0v) is 10.0. The maximum Gasteiger partial charge on any atom is 0.0948 e. The topological polar surface area (TPSA) is 33.1 Å². The van der Waals surface area contributed by atoms with E-state index < -0.39 is 0 Å². The molecular formula is C11H22N4. The lowest BCUT2D eigenvalue weighted by atomic mass is 10.3. The highest BCUT2D eigenvalue weighted by atomic mass is 15.1. The van der Waals surface area contributed by atoms with Crippen molar-refractivity contribution >= 4 is 0 Å². The molecule has 1 heterocycles. The third-order valence-electron chi connectivity index (χ3n) is 2.36. The molecule has 0 saturated carbocycles. The number of nitrogens with zero attached hydrogens (tertiary/aromatic N) is 3. The lowest BCUT2D eigenvalue weighted by Crippen LogP contribution is -2.18. The number of nitrogens with one attached hydrogen (secondary N) is 1. The highest BCUT2D eigenvalue weighted by Gasteiger charge is 2.00. The number of aromatic nitrogens is 2. The summed E-state index contributed by atoms with van der Waals surface area (Å²) in [7, 11) is 4.21. The first-order chi connectivity index (χ1) is 7.24. The van der Waals surface area contributed by atoms with Crippen LogP contribution in [-0.2, 0) is 13.1 Å². The van der Waals surface area contributed by atoms with Crippen molar-refractivity contribution in [1.29, 1.82) is 0 Å². The molecule has 0 aliphatic carbocycles. The highest BCUT2D eigenvalue weighted by Crippen LogP contribution is 2.00. The molecule has 15 heavy (non-hydrogen) atoms. The van der Waals surface area contributed by atoms with E-state index in [0.717, 1.165) is 26.2 Å². The van der Waals surface area contributed by atoms with E-state index in [1.807, 2.05) is 12.5 Å². The number of aryl methyl sites for hydroxylation is 1. The predicted molar refractivity (Wildman–Crippen MR) is 62.8 cm³/mol. The molecule has 0 bridgehead atoms. The molecular weight excluding hydrogens is 188 g/mol. The number of rotatable bonds is 7. The largest absolute Gasteiger partial charge is 0.333 e. The van der Waals surface area contributed by atoms with Gasteiger partial charge in [-0.25, -0.2) is 4.98 Å². The molecule has 1 N–H and O–H groups in total. The first-order valence-corrected chi connectivity index (χ1v) is 5.58. The second-order valence-electron chi connectivity index (χ2n) is 4.02. The fourth-order valence-electron chi connectivity index (χ4n) is 1.51. The molecule has 0 radical (unpaired) electrons. The van der Waals surface area contributed by atoms with Crippen LogP contribution in [0.5, 0.6) is 0 Å². The quantitative estimate of drug-likeness (QED) is 0.727. The smallest absolute Gasteiger partial charge is 0.0948 e. The van der Waals surface area contributed by atoms with Gasteiger partial charge in [0.25, 0.3) is 0 Å². The summed E-state index contributed by atoms with van der Waals surface area (Å²) >= 11 is 0. The molecule has 4 nitrogen and oxygen atoms in total. The van der Waals surface area contributed by atoms with Crippen LogP contribution in [0.1, 0.15) is 19.0 Å². The van der Waals surface area contributed by atoms with Crippen molar-refractivity contribution in [3.05, 3.63) is 18.2 Å². The second-order valence-corrected chi connectivity index (χ2v) is 4.02. The van der Waals surface area contributed by atoms with Crippen LogP contribution in [-0.4, -0.2) is 41.6 Å². The van der Waals surface area contributed by atoms with Crippen molar-refractivity contribution in [2.45, 2.75) is 26.4 Å². The summed E-state index contributed by atoms with van der Waals surface area (Å²) < 4.78 is 2.23. The van der Waals surface area contributed by atoms with Gasteiger partial charge in [-0.1, -0.05) is 6.92 Å². The van der Waals surface area contributed by atoms with Gasteiger partial charge in [0.05, 0.1) is 12.0 Å². The van der Waals surface area contributed by atoms with E-state index in [4.69, 9.17) is 0 Å². The summed E-state index contributed by atoms with van der Waals surface area (Å²) in [5, 5.41) is 3.32. The maximum absolute atomic E-state index is 4.18. The van der Waals surface area contributed by atoms with E-state index in [2.05, 4.69) is 40.8 Å². The van der Waals surface area contributed by atoms with Crippen LogP contribution in [0, 0.1) is 0 Å². The second kappa shape index (κ2) is 6.58. The van der Waals surface area contributed by atoms with E-state index in [1.165, 1.54) is 12.1 Å². The van der Waals surface area contributed by atoms with Gasteiger partial charge in [-0.05, 0) is 33.6 Å². The third kappa shape index (κ3) is 4.44. The zero-order chi connectivity index (χ0) is 11.1. The highest BCUT2D eigenvalue weighted by molar-refractivity contribution is 4.97. The lowest BCUT2D eigenvalue weighted by Gasteiger charge is -2.11. The summed E-state index contributed by atoms with van der Waals surface area (Å²) in [5.41, 5.74) is 1.27. The third-order valence-corrected chi connectivity index (χ3v) is 2.36. The SMILES string of the molecule is CCNCc1cncn1CCCN(C)C. The van der Waals surface area contributed by atoms with Gasteiger partial charge in [0.2, 0.25) is 0 Å². The molecule has 0 saturated heterocycles. The molecule has 4 heteroatoms. The van der Waals surface area contributed by atoms with Crippen molar-refractivity contribution < 1.29 is 0 Å². The fraction of sp³-hybridized carbons (Fsp3) is 0.727. The Bertz CT molecular complexity index is 267. The van der Waals surface area contributed by atoms with Gasteiger partial charge in [0.1, 0.15) is 0 Å². The van der Waals surface area contributed by atoms with Gasteiger partial charge >= 0.3 is 0 Å². The summed E-state index contributed by atoms with van der Waals surface area (Å²) in [5.74, 6) is 0. The molecule has 1 aromatic rings. The molecule has 0 aromatic carbocycles. The summed E-state index contributed by atoms with van der Waals surface area (Å²) in [6.07, 6.45) is 5.03. The van der Waals surface area contributed by atoms with E-state index >= 15 is 0 Å². The average Bonchev–Trinajstić information content (AvgIpc) is 2.62. The van der Waals surface area contributed by atoms with E-state index in [0.29, 0.717) is 0 Å². The van der Waals surface area contributed by atoms with Gasteiger partial charge in [0, 0.05) is 19.3 Å². The minimum absolute atomic E-state index is 0.915. The molecule has 1 rings (SSSR count). The molecule has 0 unspecified atom stereocenters. The number of imidazole rings is 1. The molecule has 86 valence electrons. The van der Waals surface area contributed by atoms with Crippen LogP contribution in [0.25, 0.3) is 0 Å². The first-order valence-electron chi connectivity index (χ1n) is 5.58. The summed E-state index contributed by atoms with van der Waals surface area (Å²) in [6, 6.07) is 0. The van der Waals surface area contributed by atoms with Gasteiger partial charge in [-0.3, -0.25) is 0 Å². The predicted octanol–water partition coefficient (Wildman–Crippen LogP) is 0.944. The van der Waals surface area contributed by atoms with E-state index in [-0.39, 0.29) is 0 Å². The van der Waals surface area contributed by atoms with Crippen LogP contribution in [0.3, 0.4) is 0 Å². The monoisotopic (exact) mass is 210 g/mol. The number of hydrogen-bond acceptors (Lipinski definition) is 3. The minimum atomic E-state index is 0.915. The Morgan fingerprint density at radius 2 is 2.27 bits per heavy atom. The zero-order valence-electron chi connectivity index (χ0n) is 10.0. The van der Waals surface area contributed by atoms with Crippen molar-refractivity contribution in [3.8, 4) is 0 Å². The molecule has 1 aromatic heterocycles. The average molecular weight is 210 g/mol. The van der Waals surface area contributed by atoms with Gasteiger partial charge < -0.3 is 14.8 Å². The molecule has 0 amide bonds. The molecule has 0 aliphatic rings. The normalized spacial score (nSPS) is 11.2. The van der Waals surface area contributed by atoms with Crippen LogP contribution in [0.4, 0.5) is 0 Å². The van der Waals surface area contributed by atoms with Crippen LogP contribution in [0.2, 0.25) is 0 Å². The van der Waals surface area contributed by atoms with Gasteiger partial charge in [-0.15, -0.1) is 0 Å². The molecule has 0 spiro atoms. The van der Waals surface area contributed by atoms with Gasteiger partial charge in [-0.2, -0.15) is 0 Å².